The van der Waals surface area contributed by atoms with Gasteiger partial charge in [0.05, 0.1) is 35.2 Å². The number of fused-ring (bicyclic) bond motifs is 1. The monoisotopic (exact) mass is 419 g/mol. The lowest BCUT2D eigenvalue weighted by Gasteiger charge is -2.29. The Labute approximate surface area is 178 Å². The molecule has 0 amide bonds. The van der Waals surface area contributed by atoms with E-state index in [2.05, 4.69) is 15.0 Å². The Morgan fingerprint density at radius 2 is 2.00 bits per heavy atom. The number of β-amino-alcohol motifs (C(OH)–C–C–N with tert-alkyl or cyclic N) is 1. The van der Waals surface area contributed by atoms with E-state index in [0.717, 1.165) is 47.2 Å². The summed E-state index contributed by atoms with van der Waals surface area (Å²) in [6, 6.07) is 15.6. The quantitative estimate of drug-likeness (QED) is 0.503. The van der Waals surface area contributed by atoms with Crippen LogP contribution < -0.4 is 0 Å². The van der Waals surface area contributed by atoms with Gasteiger partial charge in [-0.1, -0.05) is 24.3 Å². The minimum atomic E-state index is -0.302. The molecule has 1 fully saturated rings. The van der Waals surface area contributed by atoms with Gasteiger partial charge in [0.2, 0.25) is 5.89 Å². The van der Waals surface area contributed by atoms with Gasteiger partial charge in [0, 0.05) is 24.7 Å². The molecule has 1 atom stereocenters. The zero-order chi connectivity index (χ0) is 20.5. The van der Waals surface area contributed by atoms with Gasteiger partial charge in [-0.15, -0.1) is 5.10 Å². The van der Waals surface area contributed by atoms with Crippen LogP contribution in [0.3, 0.4) is 0 Å². The highest BCUT2D eigenvalue weighted by Gasteiger charge is 2.20. The van der Waals surface area contributed by atoms with Crippen LogP contribution >= 0.6 is 12.2 Å². The van der Waals surface area contributed by atoms with Crippen molar-refractivity contribution in [2.75, 3.05) is 13.1 Å². The molecule has 8 heteroatoms. The van der Waals surface area contributed by atoms with Gasteiger partial charge in [0.1, 0.15) is 0 Å². The average Bonchev–Trinajstić information content (AvgIpc) is 3.13. The first-order valence-electron chi connectivity index (χ1n) is 9.97. The van der Waals surface area contributed by atoms with Gasteiger partial charge in [-0.05, 0) is 49.3 Å². The summed E-state index contributed by atoms with van der Waals surface area (Å²) in [4.78, 5) is 11.6. The minimum Gasteiger partial charge on any atom is -0.409 e. The van der Waals surface area contributed by atoms with Crippen molar-refractivity contribution in [3.8, 4) is 22.8 Å². The van der Waals surface area contributed by atoms with Crippen LogP contribution in [0.5, 0.6) is 0 Å². The summed E-state index contributed by atoms with van der Waals surface area (Å²) in [5.41, 5.74) is 3.19. The van der Waals surface area contributed by atoms with Crippen molar-refractivity contribution < 1.29 is 9.52 Å². The molecule has 30 heavy (non-hydrogen) atoms. The minimum absolute atomic E-state index is 0.302. The van der Waals surface area contributed by atoms with Crippen molar-refractivity contribution in [2.24, 2.45) is 0 Å². The van der Waals surface area contributed by atoms with Crippen molar-refractivity contribution in [1.82, 2.24) is 24.6 Å². The molecule has 7 nitrogen and oxygen atoms in total. The first kappa shape index (κ1) is 19.0. The molecule has 4 heterocycles. The van der Waals surface area contributed by atoms with E-state index < -0.39 is 0 Å². The first-order chi connectivity index (χ1) is 14.7. The summed E-state index contributed by atoms with van der Waals surface area (Å²) in [6.45, 7) is 2.02. The topological polar surface area (TPSA) is 80.2 Å². The highest BCUT2D eigenvalue weighted by molar-refractivity contribution is 7.71. The summed E-state index contributed by atoms with van der Waals surface area (Å²) < 4.78 is 7.58. The molecular formula is C22H21N5O2S. The van der Waals surface area contributed by atoms with E-state index in [1.165, 1.54) is 0 Å². The third-order valence-corrected chi connectivity index (χ3v) is 5.59. The molecular weight excluding hydrogens is 398 g/mol. The van der Waals surface area contributed by atoms with Gasteiger partial charge in [0.25, 0.3) is 4.84 Å². The second kappa shape index (κ2) is 8.06. The molecule has 5 rings (SSSR count). The van der Waals surface area contributed by atoms with Crippen molar-refractivity contribution in [3.63, 3.8) is 0 Å². The van der Waals surface area contributed by atoms with E-state index in [-0.39, 0.29) is 6.10 Å². The summed E-state index contributed by atoms with van der Waals surface area (Å²) in [6.07, 6.45) is 3.25. The lowest BCUT2D eigenvalue weighted by molar-refractivity contribution is 0.0509. The third kappa shape index (κ3) is 3.77. The zero-order valence-electron chi connectivity index (χ0n) is 16.3. The number of hydrogen-bond acceptors (Lipinski definition) is 7. The van der Waals surface area contributed by atoms with Crippen molar-refractivity contribution >= 4 is 23.1 Å². The number of benzene rings is 1. The highest BCUT2D eigenvalue weighted by Crippen LogP contribution is 2.31. The maximum atomic E-state index is 9.93. The second-order valence-electron chi connectivity index (χ2n) is 7.47. The fourth-order valence-corrected chi connectivity index (χ4v) is 4.03. The van der Waals surface area contributed by atoms with Gasteiger partial charge in [-0.3, -0.25) is 9.88 Å². The van der Waals surface area contributed by atoms with Crippen LogP contribution in [0.1, 0.15) is 12.8 Å². The molecule has 1 aliphatic heterocycles. The number of aliphatic hydroxyl groups excluding tert-OH is 1. The van der Waals surface area contributed by atoms with E-state index in [4.69, 9.17) is 21.6 Å². The van der Waals surface area contributed by atoms with E-state index in [1.54, 1.807) is 10.9 Å². The van der Waals surface area contributed by atoms with Gasteiger partial charge < -0.3 is 9.52 Å². The highest BCUT2D eigenvalue weighted by atomic mass is 32.1. The van der Waals surface area contributed by atoms with E-state index in [1.807, 2.05) is 48.5 Å². The van der Waals surface area contributed by atoms with E-state index in [9.17, 15) is 5.11 Å². The van der Waals surface area contributed by atoms with Crippen LogP contribution in [0.15, 0.2) is 59.1 Å². The fraction of sp³-hybridized carbons (Fsp3) is 0.273. The number of pyridine rings is 2. The van der Waals surface area contributed by atoms with Crippen LogP contribution in [0, 0.1) is 4.84 Å². The maximum absolute atomic E-state index is 9.93. The third-order valence-electron chi connectivity index (χ3n) is 5.29. The molecule has 1 aromatic carbocycles. The van der Waals surface area contributed by atoms with Gasteiger partial charge in [0.15, 0.2) is 0 Å². The number of piperidine rings is 1. The Kier molecular flexibility index (Phi) is 5.12. The SMILES string of the molecule is O[C@H]1CCCN(Cn2nc(-c3cc(-c4ccccn4)nc4ccccc34)oc2=S)C1. The van der Waals surface area contributed by atoms with Crippen molar-refractivity contribution in [1.29, 1.82) is 0 Å². The van der Waals surface area contributed by atoms with Crippen LogP contribution in [0.2, 0.25) is 0 Å². The number of nitrogens with zero attached hydrogens (tertiary/aromatic N) is 5. The summed E-state index contributed by atoms with van der Waals surface area (Å²) in [5, 5.41) is 15.5. The van der Waals surface area contributed by atoms with Crippen LogP contribution in [-0.4, -0.2) is 48.9 Å². The summed E-state index contributed by atoms with van der Waals surface area (Å²) in [5.74, 6) is 0.452. The average molecular weight is 420 g/mol. The number of aliphatic hydroxyl groups is 1. The molecule has 3 aromatic heterocycles. The molecule has 0 aliphatic carbocycles. The predicted molar refractivity (Wildman–Crippen MR) is 116 cm³/mol. The van der Waals surface area contributed by atoms with Gasteiger partial charge >= 0.3 is 0 Å². The molecule has 0 radical (unpaired) electrons. The van der Waals surface area contributed by atoms with E-state index >= 15 is 0 Å². The molecule has 1 aliphatic rings. The molecule has 1 saturated heterocycles. The number of aromatic nitrogens is 4. The number of likely N-dealkylation sites (tertiary alicyclic amines) is 1. The first-order valence-corrected chi connectivity index (χ1v) is 10.4. The summed E-state index contributed by atoms with van der Waals surface area (Å²) >= 11 is 5.44. The molecule has 0 bridgehead atoms. The molecule has 0 spiro atoms. The maximum Gasteiger partial charge on any atom is 0.288 e. The van der Waals surface area contributed by atoms with Crippen LogP contribution in [0.25, 0.3) is 33.7 Å². The van der Waals surface area contributed by atoms with Crippen molar-refractivity contribution in [3.05, 3.63) is 59.6 Å². The fourth-order valence-electron chi connectivity index (χ4n) is 3.85. The van der Waals surface area contributed by atoms with Crippen molar-refractivity contribution in [2.45, 2.75) is 25.6 Å². The predicted octanol–water partition coefficient (Wildman–Crippen LogP) is 3.90. The number of rotatable bonds is 4. The Morgan fingerprint density at radius 3 is 2.83 bits per heavy atom. The Hall–Kier alpha value is -2.94. The van der Waals surface area contributed by atoms with Gasteiger partial charge in [-0.25, -0.2) is 9.67 Å². The van der Waals surface area contributed by atoms with Crippen LogP contribution in [0.4, 0.5) is 0 Å². The number of hydrogen-bond donors (Lipinski definition) is 1. The lowest BCUT2D eigenvalue weighted by atomic mass is 10.1. The molecule has 152 valence electrons. The molecule has 0 saturated carbocycles. The largest absolute Gasteiger partial charge is 0.409 e. The Bertz CT molecular complexity index is 1240. The second-order valence-corrected chi connectivity index (χ2v) is 7.82. The number of para-hydroxylation sites is 1. The smallest absolute Gasteiger partial charge is 0.288 e. The molecule has 4 aromatic rings. The zero-order valence-corrected chi connectivity index (χ0v) is 17.1. The normalized spacial score (nSPS) is 17.4. The van der Waals surface area contributed by atoms with Crippen LogP contribution in [-0.2, 0) is 6.67 Å². The Balaban J connectivity index is 1.57. The Morgan fingerprint density at radius 1 is 1.13 bits per heavy atom. The van der Waals surface area contributed by atoms with E-state index in [0.29, 0.717) is 23.9 Å². The lowest BCUT2D eigenvalue weighted by Crippen LogP contribution is -2.39. The summed E-state index contributed by atoms with van der Waals surface area (Å²) in [7, 11) is 0. The standard InChI is InChI=1S/C22H21N5O2S/c28-15-6-5-11-26(13-15)14-27-22(30)29-21(25-27)17-12-20(19-9-3-4-10-23-19)24-18-8-2-1-7-16(17)18/h1-4,7-10,12,15,28H,5-6,11,13-14H2/t15-/m0/s1. The van der Waals surface area contributed by atoms with Gasteiger partial charge in [-0.2, -0.15) is 0 Å². The molecule has 1 N–H and O–H groups in total. The molecule has 0 unspecified atom stereocenters.